The third-order valence-corrected chi connectivity index (χ3v) is 6.39. The standard InChI is InChI=1S/C22H22ClFN2O2/c23-18-7-4-8-19(24)17(18)15-26-14-11-22(21(26)28)9-12-25(13-10-22)20(27)16-5-2-1-3-6-16/h1-8H,9-15H2. The van der Waals surface area contributed by atoms with Crippen molar-refractivity contribution < 1.29 is 14.0 Å². The zero-order valence-electron chi connectivity index (χ0n) is 15.5. The molecular formula is C22H22ClFN2O2. The summed E-state index contributed by atoms with van der Waals surface area (Å²) in [5.74, 6) is -0.320. The van der Waals surface area contributed by atoms with Gasteiger partial charge in [-0.25, -0.2) is 4.39 Å². The van der Waals surface area contributed by atoms with Crippen LogP contribution in [0.5, 0.6) is 0 Å². The van der Waals surface area contributed by atoms with E-state index in [0.29, 0.717) is 48.6 Å². The van der Waals surface area contributed by atoms with Crippen molar-refractivity contribution in [3.8, 4) is 0 Å². The van der Waals surface area contributed by atoms with E-state index in [2.05, 4.69) is 0 Å². The molecule has 2 aliphatic heterocycles. The average Bonchev–Trinajstić information content (AvgIpc) is 3.01. The number of likely N-dealkylation sites (tertiary alicyclic amines) is 2. The molecule has 2 aromatic carbocycles. The Hall–Kier alpha value is -2.40. The Kier molecular flexibility index (Phi) is 5.11. The van der Waals surface area contributed by atoms with Gasteiger partial charge in [-0.2, -0.15) is 0 Å². The molecule has 0 bridgehead atoms. The largest absolute Gasteiger partial charge is 0.339 e. The summed E-state index contributed by atoms with van der Waals surface area (Å²) in [5, 5.41) is 0.344. The van der Waals surface area contributed by atoms with E-state index in [-0.39, 0.29) is 24.2 Å². The highest BCUT2D eigenvalue weighted by Gasteiger charge is 2.48. The maximum Gasteiger partial charge on any atom is 0.253 e. The van der Waals surface area contributed by atoms with E-state index in [1.807, 2.05) is 35.2 Å². The van der Waals surface area contributed by atoms with Crippen LogP contribution in [0, 0.1) is 11.2 Å². The van der Waals surface area contributed by atoms with Crippen LogP contribution in [0.1, 0.15) is 35.2 Å². The van der Waals surface area contributed by atoms with Crippen molar-refractivity contribution in [1.82, 2.24) is 9.80 Å². The Morgan fingerprint density at radius 3 is 2.36 bits per heavy atom. The van der Waals surface area contributed by atoms with Crippen molar-refractivity contribution in [2.45, 2.75) is 25.8 Å². The monoisotopic (exact) mass is 400 g/mol. The average molecular weight is 401 g/mol. The summed E-state index contributed by atoms with van der Waals surface area (Å²) in [6.45, 7) is 1.91. The topological polar surface area (TPSA) is 40.6 Å². The molecule has 2 aromatic rings. The molecule has 2 heterocycles. The maximum absolute atomic E-state index is 14.1. The highest BCUT2D eigenvalue weighted by Crippen LogP contribution is 2.42. The molecule has 6 heteroatoms. The minimum atomic E-state index is -0.439. The Balaban J connectivity index is 1.42. The van der Waals surface area contributed by atoms with Crippen molar-refractivity contribution in [3.63, 3.8) is 0 Å². The molecule has 2 saturated heterocycles. The lowest BCUT2D eigenvalue weighted by Crippen LogP contribution is -2.46. The summed E-state index contributed by atoms with van der Waals surface area (Å²) in [5.41, 5.74) is 0.601. The zero-order chi connectivity index (χ0) is 19.7. The Bertz CT molecular complexity index is 874. The molecule has 0 aromatic heterocycles. The summed E-state index contributed by atoms with van der Waals surface area (Å²) in [6, 6.07) is 13.8. The van der Waals surface area contributed by atoms with Crippen molar-refractivity contribution in [3.05, 3.63) is 70.5 Å². The van der Waals surface area contributed by atoms with E-state index in [0.717, 1.165) is 6.42 Å². The third kappa shape index (κ3) is 3.39. The predicted molar refractivity (Wildman–Crippen MR) is 105 cm³/mol. The lowest BCUT2D eigenvalue weighted by atomic mass is 9.77. The fourth-order valence-electron chi connectivity index (χ4n) is 4.28. The minimum Gasteiger partial charge on any atom is -0.339 e. The van der Waals surface area contributed by atoms with Crippen LogP contribution >= 0.6 is 11.6 Å². The van der Waals surface area contributed by atoms with Gasteiger partial charge in [0.05, 0.1) is 12.0 Å². The summed E-state index contributed by atoms with van der Waals surface area (Å²) in [4.78, 5) is 29.3. The zero-order valence-corrected chi connectivity index (χ0v) is 16.3. The summed E-state index contributed by atoms with van der Waals surface area (Å²) in [6.07, 6.45) is 2.03. The van der Waals surface area contributed by atoms with Gasteiger partial charge in [0.15, 0.2) is 0 Å². The Morgan fingerprint density at radius 1 is 1.00 bits per heavy atom. The summed E-state index contributed by atoms with van der Waals surface area (Å²) >= 11 is 6.12. The van der Waals surface area contributed by atoms with Gasteiger partial charge in [0.25, 0.3) is 5.91 Å². The predicted octanol–water partition coefficient (Wildman–Crippen LogP) is 4.13. The highest BCUT2D eigenvalue weighted by molar-refractivity contribution is 6.31. The van der Waals surface area contributed by atoms with Gasteiger partial charge in [-0.15, -0.1) is 0 Å². The van der Waals surface area contributed by atoms with Crippen LogP contribution < -0.4 is 0 Å². The minimum absolute atomic E-state index is 0.0101. The van der Waals surface area contributed by atoms with Gasteiger partial charge >= 0.3 is 0 Å². The van der Waals surface area contributed by atoms with Crippen molar-refractivity contribution in [1.29, 1.82) is 0 Å². The Morgan fingerprint density at radius 2 is 1.68 bits per heavy atom. The van der Waals surface area contributed by atoms with Gasteiger partial charge in [-0.05, 0) is 43.5 Å². The van der Waals surface area contributed by atoms with Crippen molar-refractivity contribution >= 4 is 23.4 Å². The first-order chi connectivity index (χ1) is 13.5. The summed E-state index contributed by atoms with van der Waals surface area (Å²) in [7, 11) is 0. The van der Waals surface area contributed by atoms with E-state index in [1.54, 1.807) is 17.0 Å². The Labute approximate surface area is 168 Å². The normalized spacial score (nSPS) is 18.7. The fourth-order valence-corrected chi connectivity index (χ4v) is 4.51. The van der Waals surface area contributed by atoms with Crippen LogP contribution in [0.3, 0.4) is 0 Å². The van der Waals surface area contributed by atoms with E-state index in [1.165, 1.54) is 6.07 Å². The molecule has 0 N–H and O–H groups in total. The van der Waals surface area contributed by atoms with Gasteiger partial charge in [0, 0.05) is 35.8 Å². The molecule has 2 aliphatic rings. The lowest BCUT2D eigenvalue weighted by Gasteiger charge is -2.38. The molecule has 0 unspecified atom stereocenters. The van der Waals surface area contributed by atoms with Crippen LogP contribution in [0.15, 0.2) is 48.5 Å². The molecule has 0 radical (unpaired) electrons. The van der Waals surface area contributed by atoms with Crippen LogP contribution in [-0.2, 0) is 11.3 Å². The molecule has 0 aliphatic carbocycles. The molecule has 2 amide bonds. The highest BCUT2D eigenvalue weighted by atomic mass is 35.5. The second-order valence-corrected chi connectivity index (χ2v) is 8.02. The van der Waals surface area contributed by atoms with Gasteiger partial charge in [-0.1, -0.05) is 35.9 Å². The quantitative estimate of drug-likeness (QED) is 0.777. The number of hydrogen-bond donors (Lipinski definition) is 0. The molecule has 0 saturated carbocycles. The number of carbonyl (C=O) groups excluding carboxylic acids is 2. The first-order valence-corrected chi connectivity index (χ1v) is 9.95. The summed E-state index contributed by atoms with van der Waals surface area (Å²) < 4.78 is 14.1. The number of rotatable bonds is 3. The second-order valence-electron chi connectivity index (χ2n) is 7.62. The lowest BCUT2D eigenvalue weighted by molar-refractivity contribution is -0.138. The van der Waals surface area contributed by atoms with E-state index < -0.39 is 5.41 Å². The van der Waals surface area contributed by atoms with E-state index in [9.17, 15) is 14.0 Å². The molecule has 1 spiro atoms. The van der Waals surface area contributed by atoms with Gasteiger partial charge in [0.1, 0.15) is 5.82 Å². The van der Waals surface area contributed by atoms with Crippen molar-refractivity contribution in [2.75, 3.05) is 19.6 Å². The first kappa shape index (κ1) is 18.9. The molecule has 28 heavy (non-hydrogen) atoms. The van der Waals surface area contributed by atoms with Crippen LogP contribution in [-0.4, -0.2) is 41.2 Å². The SMILES string of the molecule is O=C(c1ccccc1)N1CCC2(CC1)CCN(Cc1c(F)cccc1Cl)C2=O. The van der Waals surface area contributed by atoms with Gasteiger partial charge in [-0.3, -0.25) is 9.59 Å². The number of carbonyl (C=O) groups is 2. The number of nitrogens with zero attached hydrogens (tertiary/aromatic N) is 2. The molecule has 4 nitrogen and oxygen atoms in total. The van der Waals surface area contributed by atoms with Gasteiger partial charge < -0.3 is 9.80 Å². The van der Waals surface area contributed by atoms with Crippen LogP contribution in [0.25, 0.3) is 0 Å². The molecular weight excluding hydrogens is 379 g/mol. The van der Waals surface area contributed by atoms with Crippen LogP contribution in [0.2, 0.25) is 5.02 Å². The fraction of sp³-hybridized carbons (Fsp3) is 0.364. The molecule has 146 valence electrons. The van der Waals surface area contributed by atoms with Gasteiger partial charge in [0.2, 0.25) is 5.91 Å². The molecule has 2 fully saturated rings. The number of piperidine rings is 1. The number of halogens is 2. The number of amides is 2. The smallest absolute Gasteiger partial charge is 0.253 e. The van der Waals surface area contributed by atoms with E-state index >= 15 is 0 Å². The second kappa shape index (κ2) is 7.55. The molecule has 4 rings (SSSR count). The van der Waals surface area contributed by atoms with Crippen molar-refractivity contribution in [2.24, 2.45) is 5.41 Å². The third-order valence-electron chi connectivity index (χ3n) is 6.04. The maximum atomic E-state index is 14.1. The number of benzene rings is 2. The molecule has 0 atom stereocenters. The van der Waals surface area contributed by atoms with E-state index in [4.69, 9.17) is 11.6 Å². The number of hydrogen-bond acceptors (Lipinski definition) is 2. The first-order valence-electron chi connectivity index (χ1n) is 9.57. The van der Waals surface area contributed by atoms with Crippen LogP contribution in [0.4, 0.5) is 4.39 Å².